The number of carbonyl (C=O) groups is 1. The summed E-state index contributed by atoms with van der Waals surface area (Å²) in [6.45, 7) is 1.60. The second-order valence-corrected chi connectivity index (χ2v) is 9.47. The molecule has 1 aliphatic rings. The molecular weight excluding hydrogens is 445 g/mol. The van der Waals surface area contributed by atoms with Crippen molar-refractivity contribution >= 4 is 56.4 Å². The SMILES string of the molecule is O=C(CN1CCN(S(=O)(=O)c2ccc(Cl)cc2)CC1)Nc1c(Cl)cccc1Cl. The van der Waals surface area contributed by atoms with E-state index in [2.05, 4.69) is 5.32 Å². The van der Waals surface area contributed by atoms with Gasteiger partial charge in [-0.1, -0.05) is 40.9 Å². The normalized spacial score (nSPS) is 16.1. The van der Waals surface area contributed by atoms with Gasteiger partial charge in [-0.25, -0.2) is 8.42 Å². The van der Waals surface area contributed by atoms with Crippen LogP contribution in [0, 0.1) is 0 Å². The molecule has 1 amide bonds. The lowest BCUT2D eigenvalue weighted by atomic mass is 10.3. The van der Waals surface area contributed by atoms with Crippen molar-refractivity contribution in [2.24, 2.45) is 0 Å². The molecular formula is C18H18Cl3N3O3S. The van der Waals surface area contributed by atoms with Gasteiger partial charge in [0.05, 0.1) is 27.2 Å². The molecule has 2 aromatic rings. The number of para-hydroxylation sites is 1. The predicted octanol–water partition coefficient (Wildman–Crippen LogP) is 3.59. The van der Waals surface area contributed by atoms with Gasteiger partial charge in [0, 0.05) is 31.2 Å². The van der Waals surface area contributed by atoms with Crippen LogP contribution in [0.2, 0.25) is 15.1 Å². The highest BCUT2D eigenvalue weighted by atomic mass is 35.5. The summed E-state index contributed by atoms with van der Waals surface area (Å²) in [7, 11) is -3.58. The zero-order chi connectivity index (χ0) is 20.3. The predicted molar refractivity (Wildman–Crippen MR) is 112 cm³/mol. The van der Waals surface area contributed by atoms with Crippen molar-refractivity contribution in [2.45, 2.75) is 4.90 Å². The Bertz CT molecular complexity index is 940. The first-order chi connectivity index (χ1) is 13.3. The fourth-order valence-corrected chi connectivity index (χ4v) is 4.92. The molecule has 10 heteroatoms. The number of carbonyl (C=O) groups excluding carboxylic acids is 1. The summed E-state index contributed by atoms with van der Waals surface area (Å²) in [6, 6.07) is 11.1. The average molecular weight is 463 g/mol. The number of nitrogens with one attached hydrogen (secondary N) is 1. The van der Waals surface area contributed by atoms with Crippen LogP contribution in [-0.4, -0.2) is 56.3 Å². The molecule has 150 valence electrons. The minimum absolute atomic E-state index is 0.121. The lowest BCUT2D eigenvalue weighted by Gasteiger charge is -2.33. The number of nitrogens with zero attached hydrogens (tertiary/aromatic N) is 2. The molecule has 0 unspecified atom stereocenters. The molecule has 1 N–H and O–H groups in total. The molecule has 0 aliphatic carbocycles. The van der Waals surface area contributed by atoms with Crippen molar-refractivity contribution in [1.82, 2.24) is 9.21 Å². The maximum atomic E-state index is 12.7. The Morgan fingerprint density at radius 1 is 0.929 bits per heavy atom. The van der Waals surface area contributed by atoms with Crippen LogP contribution < -0.4 is 5.32 Å². The monoisotopic (exact) mass is 461 g/mol. The number of hydrogen-bond donors (Lipinski definition) is 1. The summed E-state index contributed by atoms with van der Waals surface area (Å²) in [6.07, 6.45) is 0. The Labute approximate surface area is 179 Å². The van der Waals surface area contributed by atoms with Gasteiger partial charge in [-0.15, -0.1) is 0 Å². The lowest BCUT2D eigenvalue weighted by molar-refractivity contribution is -0.117. The van der Waals surface area contributed by atoms with Gasteiger partial charge < -0.3 is 5.32 Å². The van der Waals surface area contributed by atoms with E-state index in [4.69, 9.17) is 34.8 Å². The number of piperazine rings is 1. The smallest absolute Gasteiger partial charge is 0.243 e. The minimum atomic E-state index is -3.58. The fraction of sp³-hybridized carbons (Fsp3) is 0.278. The van der Waals surface area contributed by atoms with Crippen LogP contribution in [0.15, 0.2) is 47.4 Å². The van der Waals surface area contributed by atoms with Gasteiger partial charge in [-0.05, 0) is 36.4 Å². The van der Waals surface area contributed by atoms with Crippen LogP contribution in [0.5, 0.6) is 0 Å². The van der Waals surface area contributed by atoms with Crippen molar-refractivity contribution < 1.29 is 13.2 Å². The summed E-state index contributed by atoms with van der Waals surface area (Å²) in [5.74, 6) is -0.260. The number of amides is 1. The third kappa shape index (κ3) is 4.97. The van der Waals surface area contributed by atoms with Crippen LogP contribution >= 0.6 is 34.8 Å². The topological polar surface area (TPSA) is 69.7 Å². The van der Waals surface area contributed by atoms with E-state index in [1.165, 1.54) is 16.4 Å². The Kier molecular flexibility index (Phi) is 6.85. The Balaban J connectivity index is 1.56. The fourth-order valence-electron chi connectivity index (χ4n) is 2.88. The second-order valence-electron chi connectivity index (χ2n) is 6.28. The summed E-state index contributed by atoms with van der Waals surface area (Å²) >= 11 is 17.9. The molecule has 1 fully saturated rings. The molecule has 3 rings (SSSR count). The van der Waals surface area contributed by atoms with Crippen LogP contribution in [0.3, 0.4) is 0 Å². The van der Waals surface area contributed by atoms with Crippen LogP contribution in [0.1, 0.15) is 0 Å². The summed E-state index contributed by atoms with van der Waals surface area (Å²) < 4.78 is 26.8. The van der Waals surface area contributed by atoms with Gasteiger partial charge in [0.25, 0.3) is 0 Å². The van der Waals surface area contributed by atoms with Crippen LogP contribution in [-0.2, 0) is 14.8 Å². The van der Waals surface area contributed by atoms with Gasteiger partial charge in [-0.2, -0.15) is 4.31 Å². The zero-order valence-corrected chi connectivity index (χ0v) is 17.8. The largest absolute Gasteiger partial charge is 0.322 e. The van der Waals surface area contributed by atoms with Crippen LogP contribution in [0.25, 0.3) is 0 Å². The zero-order valence-electron chi connectivity index (χ0n) is 14.7. The average Bonchev–Trinajstić information content (AvgIpc) is 2.66. The molecule has 0 bridgehead atoms. The standard InChI is InChI=1S/C18H18Cl3N3O3S/c19-13-4-6-14(7-5-13)28(26,27)24-10-8-23(9-11-24)12-17(25)22-18-15(20)2-1-3-16(18)21/h1-7H,8-12H2,(H,22,25). The molecule has 0 spiro atoms. The third-order valence-corrected chi connectivity index (χ3v) is 7.17. The van der Waals surface area contributed by atoms with Crippen molar-refractivity contribution in [3.8, 4) is 0 Å². The molecule has 2 aromatic carbocycles. The Hall–Kier alpha value is -1.35. The number of halogens is 3. The molecule has 0 radical (unpaired) electrons. The van der Waals surface area contributed by atoms with Crippen molar-refractivity contribution in [2.75, 3.05) is 38.0 Å². The number of hydrogen-bond acceptors (Lipinski definition) is 4. The van der Waals surface area contributed by atoms with E-state index in [1.807, 2.05) is 4.90 Å². The molecule has 1 saturated heterocycles. The first-order valence-electron chi connectivity index (χ1n) is 8.49. The second kappa shape index (κ2) is 8.98. The third-order valence-electron chi connectivity index (χ3n) is 4.38. The highest BCUT2D eigenvalue weighted by Crippen LogP contribution is 2.29. The van der Waals surface area contributed by atoms with E-state index in [9.17, 15) is 13.2 Å². The Morgan fingerprint density at radius 2 is 1.50 bits per heavy atom. The van der Waals surface area contributed by atoms with Crippen molar-refractivity contribution in [3.05, 3.63) is 57.5 Å². The summed E-state index contributed by atoms with van der Waals surface area (Å²) in [5, 5.41) is 3.91. The van der Waals surface area contributed by atoms with Gasteiger partial charge in [0.15, 0.2) is 0 Å². The number of rotatable bonds is 5. The molecule has 28 heavy (non-hydrogen) atoms. The van der Waals surface area contributed by atoms with Crippen LogP contribution in [0.4, 0.5) is 5.69 Å². The van der Waals surface area contributed by atoms with E-state index >= 15 is 0 Å². The van der Waals surface area contributed by atoms with Gasteiger partial charge in [0.2, 0.25) is 15.9 Å². The first-order valence-corrected chi connectivity index (χ1v) is 11.1. The van der Waals surface area contributed by atoms with Gasteiger partial charge in [0.1, 0.15) is 0 Å². The highest BCUT2D eigenvalue weighted by molar-refractivity contribution is 7.89. The van der Waals surface area contributed by atoms with E-state index in [-0.39, 0.29) is 17.3 Å². The van der Waals surface area contributed by atoms with Gasteiger partial charge in [-0.3, -0.25) is 9.69 Å². The molecule has 0 atom stereocenters. The minimum Gasteiger partial charge on any atom is -0.322 e. The van der Waals surface area contributed by atoms with E-state index in [1.54, 1.807) is 30.3 Å². The van der Waals surface area contributed by atoms with Crippen molar-refractivity contribution in [3.63, 3.8) is 0 Å². The molecule has 1 aliphatic heterocycles. The summed E-state index contributed by atoms with van der Waals surface area (Å²) in [5.41, 5.74) is 0.375. The molecule has 6 nitrogen and oxygen atoms in total. The molecule has 1 heterocycles. The maximum absolute atomic E-state index is 12.7. The first kappa shape index (κ1) is 21.4. The molecule has 0 aromatic heterocycles. The quantitative estimate of drug-likeness (QED) is 0.737. The van der Waals surface area contributed by atoms with Gasteiger partial charge >= 0.3 is 0 Å². The number of sulfonamides is 1. The lowest BCUT2D eigenvalue weighted by Crippen LogP contribution is -2.50. The number of anilines is 1. The molecule has 0 saturated carbocycles. The highest BCUT2D eigenvalue weighted by Gasteiger charge is 2.29. The Morgan fingerprint density at radius 3 is 2.07 bits per heavy atom. The van der Waals surface area contributed by atoms with E-state index in [0.717, 1.165) is 0 Å². The van der Waals surface area contributed by atoms with E-state index < -0.39 is 10.0 Å². The number of benzene rings is 2. The summed E-state index contributed by atoms with van der Waals surface area (Å²) in [4.78, 5) is 14.4. The van der Waals surface area contributed by atoms with E-state index in [0.29, 0.717) is 46.9 Å². The van der Waals surface area contributed by atoms with Crippen molar-refractivity contribution in [1.29, 1.82) is 0 Å². The maximum Gasteiger partial charge on any atom is 0.243 e.